The van der Waals surface area contributed by atoms with Gasteiger partial charge in [0.25, 0.3) is 0 Å². The number of rotatable bonds is 8. The second-order valence-corrected chi connectivity index (χ2v) is 8.14. The largest absolute Gasteiger partial charge is 0.497 e. The molecule has 0 atom stereocenters. The zero-order chi connectivity index (χ0) is 22.2. The van der Waals surface area contributed by atoms with Gasteiger partial charge in [-0.2, -0.15) is 10.4 Å². The fourth-order valence-corrected chi connectivity index (χ4v) is 4.23. The molecule has 0 radical (unpaired) electrons. The van der Waals surface area contributed by atoms with Crippen LogP contribution in [0.1, 0.15) is 41.8 Å². The lowest BCUT2D eigenvalue weighted by Crippen LogP contribution is -2.35. The van der Waals surface area contributed by atoms with Gasteiger partial charge in [0.15, 0.2) is 0 Å². The van der Waals surface area contributed by atoms with Crippen LogP contribution in [0, 0.1) is 25.2 Å². The number of carbonyl (C=O) groups is 1. The first kappa shape index (κ1) is 22.8. The third-order valence-electron chi connectivity index (χ3n) is 6.06. The smallest absolute Gasteiger partial charge is 0.222 e. The zero-order valence-corrected chi connectivity index (χ0v) is 18.9. The number of hydrogen-bond donors (Lipinski definition) is 0. The van der Waals surface area contributed by atoms with E-state index >= 15 is 0 Å². The summed E-state index contributed by atoms with van der Waals surface area (Å²) in [5, 5.41) is 13.4. The fraction of sp³-hybridized carbons (Fsp3) is 0.542. The van der Waals surface area contributed by atoms with Crippen molar-refractivity contribution < 1.29 is 9.53 Å². The van der Waals surface area contributed by atoms with Gasteiger partial charge in [0.05, 0.1) is 31.8 Å². The molecule has 0 unspecified atom stereocenters. The summed E-state index contributed by atoms with van der Waals surface area (Å²) >= 11 is 0. The Morgan fingerprint density at radius 2 is 1.94 bits per heavy atom. The number of methoxy groups -OCH3 is 1. The second-order valence-electron chi connectivity index (χ2n) is 8.14. The van der Waals surface area contributed by atoms with Crippen molar-refractivity contribution in [1.82, 2.24) is 19.6 Å². The fourth-order valence-electron chi connectivity index (χ4n) is 4.23. The predicted molar refractivity (Wildman–Crippen MR) is 120 cm³/mol. The zero-order valence-electron chi connectivity index (χ0n) is 18.9. The number of ether oxygens (including phenoxy) is 1. The monoisotopic (exact) mass is 423 g/mol. The van der Waals surface area contributed by atoms with E-state index < -0.39 is 0 Å². The number of carbonyl (C=O) groups excluding carboxylic acids is 1. The Morgan fingerprint density at radius 1 is 1.16 bits per heavy atom. The van der Waals surface area contributed by atoms with Crippen LogP contribution in [-0.2, 0) is 24.3 Å². The van der Waals surface area contributed by atoms with E-state index in [2.05, 4.69) is 28.2 Å². The van der Waals surface area contributed by atoms with E-state index in [0.717, 1.165) is 61.8 Å². The Hall–Kier alpha value is -2.85. The molecule has 1 aromatic carbocycles. The van der Waals surface area contributed by atoms with Crippen LogP contribution < -0.4 is 4.74 Å². The van der Waals surface area contributed by atoms with Crippen molar-refractivity contribution in [2.75, 3.05) is 33.3 Å². The van der Waals surface area contributed by atoms with Crippen LogP contribution in [0.3, 0.4) is 0 Å². The van der Waals surface area contributed by atoms with Crippen LogP contribution in [0.2, 0.25) is 0 Å². The van der Waals surface area contributed by atoms with Crippen LogP contribution in [0.15, 0.2) is 24.3 Å². The van der Waals surface area contributed by atoms with Crippen molar-refractivity contribution in [2.45, 2.75) is 52.6 Å². The van der Waals surface area contributed by atoms with Gasteiger partial charge in [0.2, 0.25) is 5.91 Å². The third-order valence-corrected chi connectivity index (χ3v) is 6.06. The molecule has 2 heterocycles. The molecular formula is C24H33N5O2. The van der Waals surface area contributed by atoms with Crippen LogP contribution in [0.4, 0.5) is 0 Å². The number of aromatic nitrogens is 2. The molecule has 1 aliphatic rings. The lowest BCUT2D eigenvalue weighted by atomic mass is 10.1. The number of nitrogens with zero attached hydrogens (tertiary/aromatic N) is 5. The van der Waals surface area contributed by atoms with Gasteiger partial charge in [-0.1, -0.05) is 12.1 Å². The van der Waals surface area contributed by atoms with Crippen LogP contribution in [0.5, 0.6) is 5.75 Å². The molecule has 7 nitrogen and oxygen atoms in total. The van der Waals surface area contributed by atoms with Crippen molar-refractivity contribution in [3.8, 4) is 11.8 Å². The number of nitriles is 1. The Bertz CT molecular complexity index is 913. The lowest BCUT2D eigenvalue weighted by molar-refractivity contribution is -0.131. The summed E-state index contributed by atoms with van der Waals surface area (Å²) in [5.41, 5.74) is 4.44. The molecule has 1 saturated heterocycles. The van der Waals surface area contributed by atoms with E-state index in [1.54, 1.807) is 7.11 Å². The summed E-state index contributed by atoms with van der Waals surface area (Å²) in [6, 6.07) is 10.4. The molecule has 0 N–H and O–H groups in total. The van der Waals surface area contributed by atoms with Gasteiger partial charge < -0.3 is 9.64 Å². The van der Waals surface area contributed by atoms with Crippen LogP contribution in [-0.4, -0.2) is 58.8 Å². The maximum absolute atomic E-state index is 12.9. The predicted octanol–water partition coefficient (Wildman–Crippen LogP) is 3.09. The molecule has 31 heavy (non-hydrogen) atoms. The highest BCUT2D eigenvalue weighted by molar-refractivity contribution is 5.76. The second kappa shape index (κ2) is 11.0. The molecule has 1 aliphatic heterocycles. The van der Waals surface area contributed by atoms with Crippen LogP contribution in [0.25, 0.3) is 0 Å². The molecule has 166 valence electrons. The van der Waals surface area contributed by atoms with Gasteiger partial charge in [-0.25, -0.2) is 0 Å². The van der Waals surface area contributed by atoms with E-state index in [4.69, 9.17) is 10.00 Å². The van der Waals surface area contributed by atoms with E-state index in [1.165, 1.54) is 5.56 Å². The van der Waals surface area contributed by atoms with Crippen molar-refractivity contribution >= 4 is 5.91 Å². The molecule has 2 aromatic rings. The Balaban J connectivity index is 1.50. The summed E-state index contributed by atoms with van der Waals surface area (Å²) in [4.78, 5) is 17.3. The molecular weight excluding hydrogens is 390 g/mol. The van der Waals surface area contributed by atoms with E-state index in [0.29, 0.717) is 25.8 Å². The normalized spacial score (nSPS) is 14.8. The first-order valence-electron chi connectivity index (χ1n) is 11.0. The van der Waals surface area contributed by atoms with E-state index in [9.17, 15) is 4.79 Å². The Morgan fingerprint density at radius 3 is 2.65 bits per heavy atom. The molecule has 3 rings (SSSR count). The average molecular weight is 424 g/mol. The van der Waals surface area contributed by atoms with Gasteiger partial charge in [0, 0.05) is 44.8 Å². The van der Waals surface area contributed by atoms with Gasteiger partial charge in [-0.3, -0.25) is 14.4 Å². The van der Waals surface area contributed by atoms with E-state index in [-0.39, 0.29) is 5.91 Å². The van der Waals surface area contributed by atoms with Crippen molar-refractivity contribution in [3.05, 3.63) is 46.8 Å². The molecule has 1 fully saturated rings. The van der Waals surface area contributed by atoms with Gasteiger partial charge in [-0.15, -0.1) is 0 Å². The standard InChI is InChI=1S/C24H33N5O2/c1-19-23(20(2)29(26-19)15-4-12-25)10-11-24(30)28-14-5-13-27(16-17-28)18-21-6-8-22(31-3)9-7-21/h6-9H,4-5,10-11,13-18H2,1-3H3. The minimum atomic E-state index is 0.217. The number of aryl methyl sites for hydroxylation is 2. The van der Waals surface area contributed by atoms with Gasteiger partial charge >= 0.3 is 0 Å². The maximum atomic E-state index is 12.9. The third kappa shape index (κ3) is 6.08. The Kier molecular flexibility index (Phi) is 8.07. The minimum Gasteiger partial charge on any atom is -0.497 e. The van der Waals surface area contributed by atoms with Gasteiger partial charge in [0.1, 0.15) is 5.75 Å². The Labute approximate surface area is 185 Å². The molecule has 0 saturated carbocycles. The van der Waals surface area contributed by atoms with Crippen molar-refractivity contribution in [3.63, 3.8) is 0 Å². The molecule has 0 aliphatic carbocycles. The van der Waals surface area contributed by atoms with Crippen molar-refractivity contribution in [2.24, 2.45) is 0 Å². The highest BCUT2D eigenvalue weighted by atomic mass is 16.5. The highest BCUT2D eigenvalue weighted by Crippen LogP contribution is 2.18. The molecule has 1 amide bonds. The summed E-state index contributed by atoms with van der Waals surface area (Å²) in [5.74, 6) is 1.09. The molecule has 0 bridgehead atoms. The van der Waals surface area contributed by atoms with Crippen LogP contribution >= 0.6 is 0 Å². The highest BCUT2D eigenvalue weighted by Gasteiger charge is 2.20. The van der Waals surface area contributed by atoms with Crippen molar-refractivity contribution in [1.29, 1.82) is 5.26 Å². The summed E-state index contributed by atoms with van der Waals surface area (Å²) in [6.45, 7) is 8.99. The first-order valence-corrected chi connectivity index (χ1v) is 11.0. The summed E-state index contributed by atoms with van der Waals surface area (Å²) < 4.78 is 7.12. The lowest BCUT2D eigenvalue weighted by Gasteiger charge is -2.22. The summed E-state index contributed by atoms with van der Waals surface area (Å²) in [7, 11) is 1.68. The first-order chi connectivity index (χ1) is 15.0. The summed E-state index contributed by atoms with van der Waals surface area (Å²) in [6.07, 6.45) is 2.65. The van der Waals surface area contributed by atoms with Gasteiger partial charge in [-0.05, 0) is 49.9 Å². The average Bonchev–Trinajstić information content (AvgIpc) is 2.93. The topological polar surface area (TPSA) is 74.4 Å². The molecule has 7 heteroatoms. The molecule has 0 spiro atoms. The number of amides is 1. The number of hydrogen-bond acceptors (Lipinski definition) is 5. The van der Waals surface area contributed by atoms with E-state index in [1.807, 2.05) is 35.6 Å². The maximum Gasteiger partial charge on any atom is 0.222 e. The SMILES string of the molecule is COc1ccc(CN2CCCN(C(=O)CCc3c(C)nn(CCC#N)c3C)CC2)cc1. The molecule has 1 aromatic heterocycles. The number of benzene rings is 1. The minimum absolute atomic E-state index is 0.217. The quantitative estimate of drug-likeness (QED) is 0.652.